The molecule has 0 aliphatic rings. The minimum atomic E-state index is -0.346. The van der Waals surface area contributed by atoms with Gasteiger partial charge in [-0.1, -0.05) is 20.8 Å². The molecule has 0 radical (unpaired) electrons. The third-order valence-corrected chi connectivity index (χ3v) is 3.15. The molecule has 2 N–H and O–H groups in total. The minimum absolute atomic E-state index is 0.107. The van der Waals surface area contributed by atoms with Crippen LogP contribution in [0.15, 0.2) is 16.6 Å². The first-order valence-corrected chi connectivity index (χ1v) is 5.85. The predicted molar refractivity (Wildman–Crippen MR) is 67.0 cm³/mol. The zero-order valence-electron chi connectivity index (χ0n) is 9.97. The Labute approximate surface area is 104 Å². The fourth-order valence-corrected chi connectivity index (χ4v) is 1.79. The Morgan fingerprint density at radius 1 is 1.38 bits per heavy atom. The average Bonchev–Trinajstić information content (AvgIpc) is 2.19. The number of methoxy groups -OCH3 is 1. The molecule has 1 aromatic rings. The van der Waals surface area contributed by atoms with E-state index >= 15 is 0 Å². The first-order valence-electron chi connectivity index (χ1n) is 5.06. The molecule has 0 spiro atoms. The van der Waals surface area contributed by atoms with E-state index in [1.165, 1.54) is 13.2 Å². The maximum Gasteiger partial charge on any atom is 0.141 e. The van der Waals surface area contributed by atoms with Crippen LogP contribution < -0.4 is 10.5 Å². The zero-order chi connectivity index (χ0) is 12.5. The highest BCUT2D eigenvalue weighted by Gasteiger charge is 2.26. The van der Waals surface area contributed by atoms with Crippen molar-refractivity contribution in [3.8, 4) is 5.75 Å². The van der Waals surface area contributed by atoms with E-state index in [0.29, 0.717) is 10.2 Å². The second kappa shape index (κ2) is 4.72. The number of hydrogen-bond acceptors (Lipinski definition) is 2. The van der Waals surface area contributed by atoms with Crippen LogP contribution in [0, 0.1) is 11.2 Å². The molecule has 4 heteroatoms. The lowest BCUT2D eigenvalue weighted by molar-refractivity contribution is 0.313. The minimum Gasteiger partial charge on any atom is -0.496 e. The topological polar surface area (TPSA) is 35.2 Å². The van der Waals surface area contributed by atoms with Crippen molar-refractivity contribution in [3.63, 3.8) is 0 Å². The van der Waals surface area contributed by atoms with Gasteiger partial charge < -0.3 is 10.5 Å². The van der Waals surface area contributed by atoms with E-state index in [1.54, 1.807) is 6.07 Å². The number of rotatable bonds is 2. The van der Waals surface area contributed by atoms with E-state index in [4.69, 9.17) is 10.5 Å². The van der Waals surface area contributed by atoms with Crippen molar-refractivity contribution in [2.45, 2.75) is 26.8 Å². The zero-order valence-corrected chi connectivity index (χ0v) is 11.6. The third-order valence-electron chi connectivity index (χ3n) is 2.54. The number of nitrogens with two attached hydrogens (primary N) is 1. The van der Waals surface area contributed by atoms with Crippen LogP contribution in [-0.2, 0) is 0 Å². The predicted octanol–water partition coefficient (Wildman–Crippen LogP) is 3.64. The van der Waals surface area contributed by atoms with E-state index in [9.17, 15) is 4.39 Å². The van der Waals surface area contributed by atoms with Gasteiger partial charge in [-0.15, -0.1) is 0 Å². The molecular weight excluding hydrogens is 273 g/mol. The lowest BCUT2D eigenvalue weighted by Crippen LogP contribution is -2.26. The quantitative estimate of drug-likeness (QED) is 0.902. The highest BCUT2D eigenvalue weighted by atomic mass is 79.9. The Bertz CT molecular complexity index is 387. The maximum atomic E-state index is 13.3. The lowest BCUT2D eigenvalue weighted by Gasteiger charge is -2.28. The van der Waals surface area contributed by atoms with Gasteiger partial charge in [0.25, 0.3) is 0 Å². The van der Waals surface area contributed by atoms with E-state index in [-0.39, 0.29) is 17.3 Å². The summed E-state index contributed by atoms with van der Waals surface area (Å²) in [4.78, 5) is 0. The Morgan fingerprint density at radius 2 is 1.94 bits per heavy atom. The van der Waals surface area contributed by atoms with Crippen LogP contribution in [-0.4, -0.2) is 7.11 Å². The Hall–Kier alpha value is -0.610. The van der Waals surface area contributed by atoms with Gasteiger partial charge in [0.2, 0.25) is 0 Å². The van der Waals surface area contributed by atoms with Crippen LogP contribution in [0.4, 0.5) is 4.39 Å². The molecule has 1 unspecified atom stereocenters. The van der Waals surface area contributed by atoms with Gasteiger partial charge >= 0.3 is 0 Å². The van der Waals surface area contributed by atoms with E-state index < -0.39 is 0 Å². The van der Waals surface area contributed by atoms with Crippen LogP contribution >= 0.6 is 15.9 Å². The molecule has 0 aliphatic heterocycles. The molecule has 0 aromatic heterocycles. The fraction of sp³-hybridized carbons (Fsp3) is 0.500. The summed E-state index contributed by atoms with van der Waals surface area (Å²) in [7, 11) is 1.52. The van der Waals surface area contributed by atoms with Gasteiger partial charge in [0.05, 0.1) is 11.6 Å². The molecule has 0 saturated heterocycles. The molecule has 16 heavy (non-hydrogen) atoms. The molecule has 0 heterocycles. The summed E-state index contributed by atoms with van der Waals surface area (Å²) in [6.45, 7) is 6.11. The van der Waals surface area contributed by atoms with Crippen LogP contribution in [0.3, 0.4) is 0 Å². The summed E-state index contributed by atoms with van der Waals surface area (Å²) >= 11 is 3.16. The van der Waals surface area contributed by atoms with E-state index in [0.717, 1.165) is 5.56 Å². The second-order valence-corrected chi connectivity index (χ2v) is 5.71. The Kier molecular flexibility index (Phi) is 3.97. The lowest BCUT2D eigenvalue weighted by atomic mass is 9.83. The molecule has 1 aromatic carbocycles. The molecule has 0 saturated carbocycles. The van der Waals surface area contributed by atoms with Gasteiger partial charge in [-0.05, 0) is 27.4 Å². The molecule has 2 nitrogen and oxygen atoms in total. The van der Waals surface area contributed by atoms with Crippen LogP contribution in [0.2, 0.25) is 0 Å². The highest BCUT2D eigenvalue weighted by Crippen LogP contribution is 2.37. The van der Waals surface area contributed by atoms with Crippen molar-refractivity contribution in [3.05, 3.63) is 28.0 Å². The summed E-state index contributed by atoms with van der Waals surface area (Å²) in [5.41, 5.74) is 6.85. The molecule has 90 valence electrons. The van der Waals surface area contributed by atoms with E-state index in [1.807, 2.05) is 20.8 Å². The number of halogens is 2. The average molecular weight is 290 g/mol. The first-order chi connectivity index (χ1) is 7.27. The fourth-order valence-electron chi connectivity index (χ4n) is 1.43. The highest BCUT2D eigenvalue weighted by molar-refractivity contribution is 9.10. The van der Waals surface area contributed by atoms with Gasteiger partial charge in [-0.2, -0.15) is 0 Å². The molecule has 0 amide bonds. The summed E-state index contributed by atoms with van der Waals surface area (Å²) in [6, 6.07) is 2.83. The number of ether oxygens (including phenoxy) is 1. The summed E-state index contributed by atoms with van der Waals surface area (Å²) in [5, 5.41) is 0. The third kappa shape index (κ3) is 2.74. The van der Waals surface area contributed by atoms with Crippen LogP contribution in [0.5, 0.6) is 5.75 Å². The summed E-state index contributed by atoms with van der Waals surface area (Å²) < 4.78 is 18.9. The van der Waals surface area contributed by atoms with Crippen molar-refractivity contribution in [1.29, 1.82) is 0 Å². The monoisotopic (exact) mass is 289 g/mol. The standard InChI is InChI=1S/C12H17BrFNO/c1-12(2,3)11(15)7-5-8(13)9(14)6-10(7)16-4/h5-6,11H,15H2,1-4H3. The number of hydrogen-bond donors (Lipinski definition) is 1. The Balaban J connectivity index is 3.27. The van der Waals surface area contributed by atoms with Crippen molar-refractivity contribution in [2.24, 2.45) is 11.1 Å². The molecule has 0 bridgehead atoms. The molecule has 0 fully saturated rings. The SMILES string of the molecule is COc1cc(F)c(Br)cc1C(N)C(C)(C)C. The van der Waals surface area contributed by atoms with Crippen molar-refractivity contribution in [2.75, 3.05) is 7.11 Å². The van der Waals surface area contributed by atoms with Gasteiger partial charge in [-0.25, -0.2) is 4.39 Å². The molecule has 1 atom stereocenters. The van der Waals surface area contributed by atoms with Gasteiger partial charge in [0.15, 0.2) is 0 Å². The van der Waals surface area contributed by atoms with Gasteiger partial charge in [0, 0.05) is 17.7 Å². The molecule has 1 rings (SSSR count). The maximum absolute atomic E-state index is 13.3. The smallest absolute Gasteiger partial charge is 0.141 e. The normalized spacial score (nSPS) is 13.7. The van der Waals surface area contributed by atoms with Crippen LogP contribution in [0.1, 0.15) is 32.4 Å². The van der Waals surface area contributed by atoms with Gasteiger partial charge in [0.1, 0.15) is 11.6 Å². The summed E-state index contributed by atoms with van der Waals surface area (Å²) in [5.74, 6) is 0.143. The van der Waals surface area contributed by atoms with Crippen LogP contribution in [0.25, 0.3) is 0 Å². The van der Waals surface area contributed by atoms with Crippen molar-refractivity contribution >= 4 is 15.9 Å². The van der Waals surface area contributed by atoms with Gasteiger partial charge in [-0.3, -0.25) is 0 Å². The summed E-state index contributed by atoms with van der Waals surface area (Å²) in [6.07, 6.45) is 0. The largest absolute Gasteiger partial charge is 0.496 e. The number of benzene rings is 1. The van der Waals surface area contributed by atoms with Crippen molar-refractivity contribution < 1.29 is 9.13 Å². The second-order valence-electron chi connectivity index (χ2n) is 4.85. The van der Waals surface area contributed by atoms with E-state index in [2.05, 4.69) is 15.9 Å². The Morgan fingerprint density at radius 3 is 2.38 bits per heavy atom. The molecule has 0 aliphatic carbocycles. The molecular formula is C12H17BrFNO. The first kappa shape index (κ1) is 13.5. The van der Waals surface area contributed by atoms with Crippen molar-refractivity contribution in [1.82, 2.24) is 0 Å².